The molecule has 0 radical (unpaired) electrons. The summed E-state index contributed by atoms with van der Waals surface area (Å²) in [5.74, 6) is 1.55. The van der Waals surface area contributed by atoms with Gasteiger partial charge in [0.15, 0.2) is 17.6 Å². The minimum atomic E-state index is -0.288. The maximum atomic E-state index is 13.7. The maximum absolute atomic E-state index is 13.7. The number of para-hydroxylation sites is 2. The van der Waals surface area contributed by atoms with E-state index in [9.17, 15) is 9.59 Å². The molecule has 10 nitrogen and oxygen atoms in total. The van der Waals surface area contributed by atoms with Crippen molar-refractivity contribution in [2.24, 2.45) is 5.10 Å². The van der Waals surface area contributed by atoms with Crippen LogP contribution in [-0.2, 0) is 16.1 Å². The van der Waals surface area contributed by atoms with Gasteiger partial charge >= 0.3 is 0 Å². The average Bonchev–Trinajstić information content (AvgIpc) is 3.87. The normalized spacial score (nSPS) is 14.2. The summed E-state index contributed by atoms with van der Waals surface area (Å²) in [7, 11) is 1.63. The molecule has 0 saturated heterocycles. The van der Waals surface area contributed by atoms with Gasteiger partial charge in [-0.3, -0.25) is 14.2 Å². The van der Waals surface area contributed by atoms with Gasteiger partial charge < -0.3 is 14.8 Å². The second kappa shape index (κ2) is 14.2. The third-order valence-electron chi connectivity index (χ3n) is 7.07. The van der Waals surface area contributed by atoms with E-state index in [2.05, 4.69) is 15.5 Å². The van der Waals surface area contributed by atoms with Crippen molar-refractivity contribution in [2.45, 2.75) is 24.2 Å². The molecule has 0 unspecified atom stereocenters. The van der Waals surface area contributed by atoms with Crippen LogP contribution in [0.4, 0.5) is 0 Å². The average molecular weight is 639 g/mol. The van der Waals surface area contributed by atoms with Gasteiger partial charge in [-0.15, -0.1) is 21.5 Å². The van der Waals surface area contributed by atoms with E-state index in [-0.39, 0.29) is 36.8 Å². The van der Waals surface area contributed by atoms with E-state index in [4.69, 9.17) is 14.6 Å². The van der Waals surface area contributed by atoms with E-state index < -0.39 is 0 Å². The van der Waals surface area contributed by atoms with E-state index in [1.165, 1.54) is 11.8 Å². The van der Waals surface area contributed by atoms with Gasteiger partial charge in [-0.2, -0.15) is 5.10 Å². The van der Waals surface area contributed by atoms with Crippen molar-refractivity contribution in [1.29, 1.82) is 0 Å². The van der Waals surface area contributed by atoms with Crippen molar-refractivity contribution in [3.8, 4) is 17.2 Å². The largest absolute Gasteiger partial charge is 0.497 e. The molecule has 6 rings (SSSR count). The van der Waals surface area contributed by atoms with E-state index in [0.717, 1.165) is 27.6 Å². The minimum Gasteiger partial charge on any atom is -0.497 e. The molecule has 0 aliphatic carbocycles. The molecule has 1 aliphatic rings. The first kappa shape index (κ1) is 30.1. The first-order valence-corrected chi connectivity index (χ1v) is 16.1. The number of benzene rings is 3. The Balaban J connectivity index is 1.17. The number of thioether (sulfide) groups is 1. The van der Waals surface area contributed by atoms with Gasteiger partial charge in [-0.05, 0) is 53.4 Å². The van der Waals surface area contributed by atoms with Gasteiger partial charge in [0.1, 0.15) is 11.5 Å². The van der Waals surface area contributed by atoms with Gasteiger partial charge in [0.25, 0.3) is 11.8 Å². The van der Waals surface area contributed by atoms with Crippen molar-refractivity contribution in [3.05, 3.63) is 119 Å². The van der Waals surface area contributed by atoms with Crippen LogP contribution in [-0.4, -0.2) is 56.8 Å². The predicted octanol–water partition coefficient (Wildman–Crippen LogP) is 5.50. The van der Waals surface area contributed by atoms with Gasteiger partial charge in [0.05, 0.1) is 36.0 Å². The molecule has 0 fully saturated rings. The minimum absolute atomic E-state index is 0.0934. The SMILES string of the molecule is COc1ccc([C@H]2CC(c3cccs3)=NN2C(=O)CSc2nnc(CNC(=O)COc3ccccc3)n2-c2ccccc2)cc1. The van der Waals surface area contributed by atoms with Gasteiger partial charge in [-0.1, -0.05) is 66.4 Å². The summed E-state index contributed by atoms with van der Waals surface area (Å²) in [6.45, 7) is 0.00624. The Labute approximate surface area is 268 Å². The number of rotatable bonds is 12. The molecule has 0 bridgehead atoms. The van der Waals surface area contributed by atoms with Crippen molar-refractivity contribution < 1.29 is 19.1 Å². The summed E-state index contributed by atoms with van der Waals surface area (Å²) in [5, 5.41) is 20.5. The Morgan fingerprint density at radius 1 is 0.933 bits per heavy atom. The molecule has 2 aromatic heterocycles. The van der Waals surface area contributed by atoms with E-state index in [1.54, 1.807) is 35.6 Å². The van der Waals surface area contributed by atoms with E-state index in [0.29, 0.717) is 23.2 Å². The second-order valence-corrected chi connectivity index (χ2v) is 11.9. The predicted molar refractivity (Wildman–Crippen MR) is 174 cm³/mol. The number of nitrogens with one attached hydrogen (secondary N) is 1. The zero-order chi connectivity index (χ0) is 31.0. The number of methoxy groups -OCH3 is 1. The summed E-state index contributed by atoms with van der Waals surface area (Å²) in [6, 6.07) is 30.3. The standard InChI is InChI=1S/C33H30N6O4S2/c1-42-25-16-14-23(15-17-25)28-19-27(29-13-8-18-44-29)37-39(28)32(41)22-45-33-36-35-30(38(33)24-9-4-2-5-10-24)20-34-31(40)21-43-26-11-6-3-7-12-26/h2-18,28H,19-22H2,1H3,(H,34,40)/t28-/m1/s1. The molecule has 1 atom stereocenters. The van der Waals surface area contributed by atoms with Crippen molar-refractivity contribution in [1.82, 2.24) is 25.1 Å². The van der Waals surface area contributed by atoms with Crippen LogP contribution >= 0.6 is 23.1 Å². The molecule has 3 heterocycles. The number of aromatic nitrogens is 3. The van der Waals surface area contributed by atoms with Crippen LogP contribution in [0.1, 0.15) is 28.7 Å². The van der Waals surface area contributed by atoms with Crippen LogP contribution in [0.25, 0.3) is 5.69 Å². The highest BCUT2D eigenvalue weighted by Gasteiger charge is 2.33. The fraction of sp³-hybridized carbons (Fsp3) is 0.182. The third-order valence-corrected chi connectivity index (χ3v) is 8.90. The number of ether oxygens (including phenoxy) is 2. The van der Waals surface area contributed by atoms with Crippen molar-refractivity contribution >= 4 is 40.6 Å². The molecule has 0 saturated carbocycles. The number of carbonyl (C=O) groups is 2. The maximum Gasteiger partial charge on any atom is 0.258 e. The molecule has 5 aromatic rings. The van der Waals surface area contributed by atoms with Crippen LogP contribution in [0, 0.1) is 0 Å². The number of nitrogens with zero attached hydrogens (tertiary/aromatic N) is 5. The zero-order valence-electron chi connectivity index (χ0n) is 24.4. The fourth-order valence-electron chi connectivity index (χ4n) is 4.85. The molecular weight excluding hydrogens is 609 g/mol. The monoisotopic (exact) mass is 638 g/mol. The molecule has 2 amide bonds. The van der Waals surface area contributed by atoms with Crippen LogP contribution in [0.2, 0.25) is 0 Å². The topological polar surface area (TPSA) is 111 Å². The molecule has 12 heteroatoms. The Morgan fingerprint density at radius 2 is 1.69 bits per heavy atom. The summed E-state index contributed by atoms with van der Waals surface area (Å²) in [5.41, 5.74) is 2.68. The van der Waals surface area contributed by atoms with Gasteiger partial charge in [0.2, 0.25) is 0 Å². The van der Waals surface area contributed by atoms with Crippen LogP contribution in [0.5, 0.6) is 11.5 Å². The smallest absolute Gasteiger partial charge is 0.258 e. The molecule has 1 N–H and O–H groups in total. The Morgan fingerprint density at radius 3 is 2.40 bits per heavy atom. The molecule has 0 spiro atoms. The third kappa shape index (κ3) is 7.24. The highest BCUT2D eigenvalue weighted by atomic mass is 32.2. The number of amides is 2. The Bertz CT molecular complexity index is 1760. The van der Waals surface area contributed by atoms with E-state index in [1.807, 2.05) is 94.9 Å². The molecule has 228 valence electrons. The van der Waals surface area contributed by atoms with Crippen molar-refractivity contribution in [2.75, 3.05) is 19.5 Å². The second-order valence-electron chi connectivity index (χ2n) is 9.99. The first-order valence-electron chi connectivity index (χ1n) is 14.2. The highest BCUT2D eigenvalue weighted by molar-refractivity contribution is 7.99. The van der Waals surface area contributed by atoms with Crippen LogP contribution in [0.15, 0.2) is 113 Å². The summed E-state index contributed by atoms with van der Waals surface area (Å²) in [4.78, 5) is 27.3. The van der Waals surface area contributed by atoms with Gasteiger partial charge in [-0.25, -0.2) is 5.01 Å². The quantitative estimate of drug-likeness (QED) is 0.180. The Hall–Kier alpha value is -4.94. The van der Waals surface area contributed by atoms with Crippen LogP contribution in [0.3, 0.4) is 0 Å². The lowest BCUT2D eigenvalue weighted by Gasteiger charge is -2.22. The number of carbonyl (C=O) groups excluding carboxylic acids is 2. The Kier molecular flexibility index (Phi) is 9.52. The molecule has 45 heavy (non-hydrogen) atoms. The number of hydrogen-bond donors (Lipinski definition) is 1. The molecule has 1 aliphatic heterocycles. The summed E-state index contributed by atoms with van der Waals surface area (Å²) >= 11 is 2.88. The molecular formula is C33H30N6O4S2. The lowest BCUT2D eigenvalue weighted by molar-refractivity contribution is -0.130. The lowest BCUT2D eigenvalue weighted by atomic mass is 10.0. The first-order chi connectivity index (χ1) is 22.1. The van der Waals surface area contributed by atoms with Crippen LogP contribution < -0.4 is 14.8 Å². The highest BCUT2D eigenvalue weighted by Crippen LogP contribution is 2.35. The zero-order valence-corrected chi connectivity index (χ0v) is 26.0. The van der Waals surface area contributed by atoms with E-state index >= 15 is 0 Å². The fourth-order valence-corrected chi connectivity index (χ4v) is 6.39. The molecule has 3 aromatic carbocycles. The van der Waals surface area contributed by atoms with Crippen molar-refractivity contribution in [3.63, 3.8) is 0 Å². The van der Waals surface area contributed by atoms with Gasteiger partial charge in [0, 0.05) is 12.1 Å². The lowest BCUT2D eigenvalue weighted by Crippen LogP contribution is -2.29. The number of hydrogen-bond acceptors (Lipinski definition) is 9. The number of hydrazone groups is 1. The summed E-state index contributed by atoms with van der Waals surface area (Å²) in [6.07, 6.45) is 0.612. The number of thiophene rings is 1. The summed E-state index contributed by atoms with van der Waals surface area (Å²) < 4.78 is 12.7.